The highest BCUT2D eigenvalue weighted by molar-refractivity contribution is 5.89. The van der Waals surface area contributed by atoms with Crippen molar-refractivity contribution in [1.29, 1.82) is 0 Å². The molecule has 1 amide bonds. The van der Waals surface area contributed by atoms with Crippen molar-refractivity contribution < 1.29 is 36.6 Å². The van der Waals surface area contributed by atoms with E-state index >= 15 is 4.39 Å². The third-order valence-corrected chi connectivity index (χ3v) is 8.82. The highest BCUT2D eigenvalue weighted by Crippen LogP contribution is 2.33. The van der Waals surface area contributed by atoms with Gasteiger partial charge in [0.05, 0.1) is 37.4 Å². The summed E-state index contributed by atoms with van der Waals surface area (Å²) in [5.74, 6) is -1.61. The maximum atomic E-state index is 15.2. The Hall–Kier alpha value is -5.18. The molecular formula is C39H47F4N5O6. The first-order chi connectivity index (χ1) is 25.4. The van der Waals surface area contributed by atoms with Crippen LogP contribution in [0.15, 0.2) is 76.4 Å². The zero-order chi connectivity index (χ0) is 39.8. The fourth-order valence-corrected chi connectivity index (χ4v) is 6.25. The summed E-state index contributed by atoms with van der Waals surface area (Å²) in [6, 6.07) is 8.76. The second-order valence-corrected chi connectivity index (χ2v) is 14.0. The molecule has 1 fully saturated rings. The predicted octanol–water partition coefficient (Wildman–Crippen LogP) is 6.05. The molecule has 0 unspecified atom stereocenters. The van der Waals surface area contributed by atoms with Crippen molar-refractivity contribution in [2.24, 2.45) is 0 Å². The van der Waals surface area contributed by atoms with Crippen LogP contribution in [0.5, 0.6) is 0 Å². The number of benzene rings is 2. The third kappa shape index (κ3) is 10.7. The van der Waals surface area contributed by atoms with Crippen LogP contribution in [0.4, 0.5) is 28.0 Å². The monoisotopic (exact) mass is 757 g/mol. The lowest BCUT2D eigenvalue weighted by Crippen LogP contribution is -2.52. The highest BCUT2D eigenvalue weighted by Gasteiger charge is 2.35. The van der Waals surface area contributed by atoms with E-state index in [9.17, 15) is 32.3 Å². The number of piperazine rings is 1. The van der Waals surface area contributed by atoms with Crippen LogP contribution in [-0.4, -0.2) is 71.0 Å². The lowest BCUT2D eigenvalue weighted by Gasteiger charge is -2.37. The number of ether oxygens (including phenoxy) is 2. The Bertz CT molecular complexity index is 1990. The van der Waals surface area contributed by atoms with Crippen molar-refractivity contribution in [2.45, 2.75) is 78.5 Å². The van der Waals surface area contributed by atoms with Crippen LogP contribution in [0.3, 0.4) is 0 Å². The number of methoxy groups -OCH3 is 1. The van der Waals surface area contributed by atoms with Gasteiger partial charge in [0.25, 0.3) is 5.56 Å². The van der Waals surface area contributed by atoms with Crippen LogP contribution in [0.1, 0.15) is 66.9 Å². The molecule has 0 radical (unpaired) electrons. The van der Waals surface area contributed by atoms with E-state index < -0.39 is 64.6 Å². The molecule has 1 aromatic heterocycles. The number of carbonyl (C=O) groups excluding carboxylic acids is 2. The Kier molecular flexibility index (Phi) is 13.7. The topological polar surface area (TPSA) is 115 Å². The van der Waals surface area contributed by atoms with E-state index in [-0.39, 0.29) is 24.3 Å². The Morgan fingerprint density at radius 3 is 2.28 bits per heavy atom. The molecule has 1 saturated heterocycles. The van der Waals surface area contributed by atoms with Crippen molar-refractivity contribution in [2.75, 3.05) is 38.2 Å². The summed E-state index contributed by atoms with van der Waals surface area (Å²) in [7, 11) is 1.30. The number of hydrogen-bond donors (Lipinski definition) is 1. The van der Waals surface area contributed by atoms with Gasteiger partial charge < -0.3 is 19.7 Å². The molecule has 15 heteroatoms. The number of hydrogen-bond acceptors (Lipinski definition) is 8. The van der Waals surface area contributed by atoms with E-state index in [0.717, 1.165) is 32.9 Å². The first kappa shape index (κ1) is 41.6. The Morgan fingerprint density at radius 2 is 1.65 bits per heavy atom. The van der Waals surface area contributed by atoms with Gasteiger partial charge in [-0.2, -0.15) is 13.2 Å². The maximum Gasteiger partial charge on any atom is 0.416 e. The van der Waals surface area contributed by atoms with Crippen LogP contribution < -0.4 is 21.5 Å². The molecule has 0 saturated carbocycles. The summed E-state index contributed by atoms with van der Waals surface area (Å²) >= 11 is 0. The molecule has 0 bridgehead atoms. The van der Waals surface area contributed by atoms with Gasteiger partial charge in [-0.15, -0.1) is 0 Å². The first-order valence-corrected chi connectivity index (χ1v) is 17.5. The van der Waals surface area contributed by atoms with Crippen molar-refractivity contribution in [3.63, 3.8) is 0 Å². The number of amides is 1. The number of alkyl halides is 3. The van der Waals surface area contributed by atoms with E-state index in [1.54, 1.807) is 68.2 Å². The Balaban J connectivity index is 1.76. The minimum atomic E-state index is -4.92. The summed E-state index contributed by atoms with van der Waals surface area (Å²) in [4.78, 5) is 57.3. The molecule has 292 valence electrons. The highest BCUT2D eigenvalue weighted by atomic mass is 19.4. The quantitative estimate of drug-likeness (QED) is 0.135. The predicted molar refractivity (Wildman–Crippen MR) is 197 cm³/mol. The fraction of sp³-hybridized carbons (Fsp3) is 0.436. The number of allylic oxidation sites excluding steroid dienone is 3. The molecule has 1 aliphatic rings. The standard InChI is InChI=1S/C39H47F4N5O6/c1-7-8-9-10-15-29(44-36(51)54-38(3,4)5)24-48-34(49)33(26(2)47(37(48)52)25-30-31(39(41,42)43)16-12-17-32(30)40)46-20-18-45(19-21-46)23-27-13-11-14-28(22-27)35(50)53-6/h7-14,16-17,22,29H,15,18-21,23-25H2,1-6H3,(H,44,51)/b8-7-,10-9-/t29-/m1/s1. The first-order valence-electron chi connectivity index (χ1n) is 17.5. The zero-order valence-corrected chi connectivity index (χ0v) is 31.3. The van der Waals surface area contributed by atoms with Gasteiger partial charge in [-0.25, -0.2) is 18.8 Å². The van der Waals surface area contributed by atoms with E-state index in [2.05, 4.69) is 10.2 Å². The Morgan fingerprint density at radius 1 is 0.963 bits per heavy atom. The molecule has 1 aliphatic heterocycles. The molecular weight excluding hydrogens is 710 g/mol. The fourth-order valence-electron chi connectivity index (χ4n) is 6.25. The average molecular weight is 758 g/mol. The van der Waals surface area contributed by atoms with Crippen LogP contribution in [0.2, 0.25) is 0 Å². The third-order valence-electron chi connectivity index (χ3n) is 8.82. The van der Waals surface area contributed by atoms with Crippen molar-refractivity contribution in [3.05, 3.63) is 121 Å². The van der Waals surface area contributed by atoms with Crippen LogP contribution in [-0.2, 0) is 35.3 Å². The van der Waals surface area contributed by atoms with E-state index in [0.29, 0.717) is 38.3 Å². The van der Waals surface area contributed by atoms with E-state index in [1.807, 2.05) is 13.0 Å². The molecule has 1 atom stereocenters. The number of halogens is 4. The van der Waals surface area contributed by atoms with E-state index in [4.69, 9.17) is 9.47 Å². The van der Waals surface area contributed by atoms with Crippen molar-refractivity contribution in [1.82, 2.24) is 19.4 Å². The molecule has 2 heterocycles. The smallest absolute Gasteiger partial charge is 0.416 e. The van der Waals surface area contributed by atoms with Gasteiger partial charge in [0, 0.05) is 44.0 Å². The minimum Gasteiger partial charge on any atom is -0.465 e. The van der Waals surface area contributed by atoms with E-state index in [1.165, 1.54) is 14.0 Å². The van der Waals surface area contributed by atoms with Gasteiger partial charge in [-0.1, -0.05) is 42.5 Å². The van der Waals surface area contributed by atoms with Crippen molar-refractivity contribution >= 4 is 17.7 Å². The van der Waals surface area contributed by atoms with Crippen LogP contribution in [0.25, 0.3) is 0 Å². The number of nitrogens with one attached hydrogen (secondary N) is 1. The number of alkyl carbamates (subject to hydrolysis) is 1. The summed E-state index contributed by atoms with van der Waals surface area (Å²) in [5, 5.41) is 2.72. The molecule has 3 aromatic rings. The van der Waals surface area contributed by atoms with Gasteiger partial charge in [-0.05, 0) is 70.9 Å². The molecule has 11 nitrogen and oxygen atoms in total. The van der Waals surface area contributed by atoms with Crippen LogP contribution in [0, 0.1) is 12.7 Å². The maximum absolute atomic E-state index is 15.2. The number of rotatable bonds is 12. The number of esters is 1. The summed E-state index contributed by atoms with van der Waals surface area (Å²) in [6.45, 7) is 9.19. The van der Waals surface area contributed by atoms with Crippen LogP contribution >= 0.6 is 0 Å². The number of carbonyl (C=O) groups is 2. The summed E-state index contributed by atoms with van der Waals surface area (Å²) in [6.07, 6.45) is 1.47. The molecule has 1 N–H and O–H groups in total. The second-order valence-electron chi connectivity index (χ2n) is 14.0. The largest absolute Gasteiger partial charge is 0.465 e. The Labute approximate surface area is 311 Å². The van der Waals surface area contributed by atoms with Gasteiger partial charge in [0.2, 0.25) is 0 Å². The molecule has 0 spiro atoms. The number of anilines is 1. The van der Waals surface area contributed by atoms with Gasteiger partial charge in [-0.3, -0.25) is 18.8 Å². The number of aromatic nitrogens is 2. The summed E-state index contributed by atoms with van der Waals surface area (Å²) in [5.41, 5.74) is -3.07. The lowest BCUT2D eigenvalue weighted by molar-refractivity contribution is -0.138. The molecule has 0 aliphatic carbocycles. The lowest BCUT2D eigenvalue weighted by atomic mass is 10.1. The minimum absolute atomic E-state index is 0.0708. The number of nitrogens with zero attached hydrogens (tertiary/aromatic N) is 4. The van der Waals surface area contributed by atoms with Gasteiger partial charge in [0.15, 0.2) is 0 Å². The molecule has 4 rings (SSSR count). The zero-order valence-electron chi connectivity index (χ0n) is 31.3. The normalized spacial score (nSPS) is 14.8. The SMILES string of the molecule is C/C=C\C=C/C[C@H](Cn1c(=O)c(N2CCN(Cc3cccc(C(=O)OC)c3)CC2)c(C)n(Cc2c(F)cccc2C(F)(F)F)c1=O)NC(=O)OC(C)(C)C. The summed E-state index contributed by atoms with van der Waals surface area (Å²) < 4.78 is 69.6. The molecule has 2 aromatic carbocycles. The van der Waals surface area contributed by atoms with Gasteiger partial charge >= 0.3 is 23.9 Å². The van der Waals surface area contributed by atoms with Gasteiger partial charge in [0.1, 0.15) is 17.1 Å². The average Bonchev–Trinajstić information content (AvgIpc) is 3.10. The molecule has 54 heavy (non-hydrogen) atoms. The second kappa shape index (κ2) is 17.8. The van der Waals surface area contributed by atoms with Crippen molar-refractivity contribution in [3.8, 4) is 0 Å².